The van der Waals surface area contributed by atoms with E-state index in [1.54, 1.807) is 13.0 Å². The lowest BCUT2D eigenvalue weighted by Gasteiger charge is -2.11. The molecule has 17 heavy (non-hydrogen) atoms. The Morgan fingerprint density at radius 2 is 2.24 bits per heavy atom. The maximum absolute atomic E-state index is 13.3. The van der Waals surface area contributed by atoms with Crippen LogP contribution in [0.3, 0.4) is 0 Å². The van der Waals surface area contributed by atoms with Gasteiger partial charge in [-0.05, 0) is 19.1 Å². The molecule has 0 aliphatic carbocycles. The average Bonchev–Trinajstić information content (AvgIpc) is 2.28. The van der Waals surface area contributed by atoms with E-state index in [4.69, 9.17) is 5.26 Å². The van der Waals surface area contributed by atoms with Gasteiger partial charge in [0.25, 0.3) is 0 Å². The summed E-state index contributed by atoms with van der Waals surface area (Å²) in [6, 6.07) is 4.49. The van der Waals surface area contributed by atoms with Crippen LogP contribution in [0.15, 0.2) is 35.7 Å². The molecule has 0 saturated heterocycles. The van der Waals surface area contributed by atoms with Crippen molar-refractivity contribution in [3.05, 3.63) is 42.2 Å². The molecule has 90 valence electrons. The zero-order chi connectivity index (χ0) is 13.1. The number of sulfonamides is 1. The Labute approximate surface area is 99.4 Å². The molecule has 1 rings (SSSR count). The van der Waals surface area contributed by atoms with Gasteiger partial charge in [-0.1, -0.05) is 12.1 Å². The number of nitrogens with zero attached hydrogens (tertiary/aromatic N) is 1. The molecule has 4 nitrogen and oxygen atoms in total. The number of rotatable bonds is 4. The van der Waals surface area contributed by atoms with Crippen molar-refractivity contribution in [2.75, 3.05) is 0 Å². The molecule has 1 N–H and O–H groups in total. The second-order valence-corrected chi connectivity index (χ2v) is 5.05. The summed E-state index contributed by atoms with van der Waals surface area (Å²) in [5.74, 6) is -0.860. The van der Waals surface area contributed by atoms with E-state index >= 15 is 0 Å². The van der Waals surface area contributed by atoms with E-state index < -0.39 is 27.4 Å². The molecule has 0 aliphatic rings. The first-order valence-corrected chi connectivity index (χ1v) is 6.24. The van der Waals surface area contributed by atoms with E-state index in [0.29, 0.717) is 0 Å². The highest BCUT2D eigenvalue weighted by Crippen LogP contribution is 2.18. The lowest BCUT2D eigenvalue weighted by Crippen LogP contribution is -2.31. The predicted octanol–water partition coefficient (Wildman–Crippen LogP) is 1.55. The van der Waals surface area contributed by atoms with Gasteiger partial charge in [0.2, 0.25) is 10.0 Å². The number of halogens is 1. The Hall–Kier alpha value is -1.71. The molecule has 1 aromatic rings. The van der Waals surface area contributed by atoms with Gasteiger partial charge in [0, 0.05) is 6.04 Å². The van der Waals surface area contributed by atoms with Gasteiger partial charge < -0.3 is 0 Å². The van der Waals surface area contributed by atoms with Crippen LogP contribution in [-0.2, 0) is 10.0 Å². The van der Waals surface area contributed by atoms with Crippen molar-refractivity contribution < 1.29 is 12.8 Å². The quantitative estimate of drug-likeness (QED) is 0.829. The van der Waals surface area contributed by atoms with Crippen LogP contribution in [0.2, 0.25) is 0 Å². The third-order valence-corrected chi connectivity index (χ3v) is 3.67. The molecule has 0 amide bonds. The Balaban J connectivity index is 3.30. The predicted molar refractivity (Wildman–Crippen MR) is 61.1 cm³/mol. The van der Waals surface area contributed by atoms with Crippen LogP contribution >= 0.6 is 0 Å². The van der Waals surface area contributed by atoms with Crippen molar-refractivity contribution in [2.24, 2.45) is 0 Å². The Kier molecular flexibility index (Phi) is 3.99. The fourth-order valence-corrected chi connectivity index (χ4v) is 2.58. The van der Waals surface area contributed by atoms with E-state index in [1.165, 1.54) is 18.2 Å². The lowest BCUT2D eigenvalue weighted by molar-refractivity contribution is 0.571. The molecule has 0 aliphatic heterocycles. The summed E-state index contributed by atoms with van der Waals surface area (Å²) in [5.41, 5.74) is -0.490. The monoisotopic (exact) mass is 254 g/mol. The van der Waals surface area contributed by atoms with Gasteiger partial charge in [-0.3, -0.25) is 0 Å². The molecule has 0 saturated carbocycles. The van der Waals surface area contributed by atoms with E-state index in [2.05, 4.69) is 11.3 Å². The minimum atomic E-state index is -3.92. The van der Waals surface area contributed by atoms with Crippen molar-refractivity contribution in [1.29, 1.82) is 5.26 Å². The summed E-state index contributed by atoms with van der Waals surface area (Å²) in [4.78, 5) is -0.367. The number of hydrogen-bond acceptors (Lipinski definition) is 3. The highest BCUT2D eigenvalue weighted by atomic mass is 32.2. The van der Waals surface area contributed by atoms with Crippen LogP contribution in [-0.4, -0.2) is 14.5 Å². The van der Waals surface area contributed by atoms with Crippen LogP contribution < -0.4 is 4.72 Å². The van der Waals surface area contributed by atoms with Crippen molar-refractivity contribution in [2.45, 2.75) is 17.9 Å². The largest absolute Gasteiger partial charge is 0.242 e. The standard InChI is InChI=1S/C11H11FN2O2S/c1-3-8(2)14-17(15,16)11-6-4-5-10(12)9(11)7-13/h3-6,8,14H,1H2,2H3. The molecule has 0 radical (unpaired) electrons. The Morgan fingerprint density at radius 1 is 1.59 bits per heavy atom. The molecule has 0 bridgehead atoms. The minimum absolute atomic E-state index is 0.367. The van der Waals surface area contributed by atoms with Gasteiger partial charge in [-0.15, -0.1) is 6.58 Å². The van der Waals surface area contributed by atoms with Crippen LogP contribution in [0, 0.1) is 17.1 Å². The van der Waals surface area contributed by atoms with Crippen molar-refractivity contribution in [3.63, 3.8) is 0 Å². The average molecular weight is 254 g/mol. The molecular formula is C11H11FN2O2S. The molecular weight excluding hydrogens is 243 g/mol. The Bertz CT molecular complexity index is 576. The molecule has 1 unspecified atom stereocenters. The van der Waals surface area contributed by atoms with Gasteiger partial charge in [0.05, 0.1) is 0 Å². The second kappa shape index (κ2) is 5.08. The number of nitriles is 1. The fourth-order valence-electron chi connectivity index (χ4n) is 1.19. The summed E-state index contributed by atoms with van der Waals surface area (Å²) >= 11 is 0. The minimum Gasteiger partial charge on any atom is -0.207 e. The maximum Gasteiger partial charge on any atom is 0.242 e. The summed E-state index contributed by atoms with van der Waals surface area (Å²) in [5, 5.41) is 8.75. The van der Waals surface area contributed by atoms with Crippen LogP contribution in [0.5, 0.6) is 0 Å². The summed E-state index contributed by atoms with van der Waals surface area (Å²) in [6.45, 7) is 5.01. The first kappa shape index (κ1) is 13.4. The maximum atomic E-state index is 13.3. The van der Waals surface area contributed by atoms with E-state index in [-0.39, 0.29) is 4.90 Å². The van der Waals surface area contributed by atoms with Gasteiger partial charge in [0.15, 0.2) is 0 Å². The first-order valence-electron chi connectivity index (χ1n) is 4.76. The zero-order valence-corrected chi connectivity index (χ0v) is 9.96. The van der Waals surface area contributed by atoms with Crippen molar-refractivity contribution in [3.8, 4) is 6.07 Å². The summed E-state index contributed by atoms with van der Waals surface area (Å²) in [6.07, 6.45) is 1.39. The van der Waals surface area contributed by atoms with E-state index in [1.807, 2.05) is 0 Å². The highest BCUT2D eigenvalue weighted by Gasteiger charge is 2.21. The lowest BCUT2D eigenvalue weighted by atomic mass is 10.2. The van der Waals surface area contributed by atoms with E-state index in [0.717, 1.165) is 6.07 Å². The molecule has 1 atom stereocenters. The molecule has 0 heterocycles. The fraction of sp³-hybridized carbons (Fsp3) is 0.182. The molecule has 0 spiro atoms. The van der Waals surface area contributed by atoms with E-state index in [9.17, 15) is 12.8 Å². The molecule has 6 heteroatoms. The zero-order valence-electron chi connectivity index (χ0n) is 9.14. The molecule has 0 fully saturated rings. The SMILES string of the molecule is C=CC(C)NS(=O)(=O)c1cccc(F)c1C#N. The second-order valence-electron chi connectivity index (χ2n) is 3.37. The summed E-state index contributed by atoms with van der Waals surface area (Å²) < 4.78 is 39.2. The van der Waals surface area contributed by atoms with Crippen LogP contribution in [0.4, 0.5) is 4.39 Å². The van der Waals surface area contributed by atoms with Crippen molar-refractivity contribution >= 4 is 10.0 Å². The Morgan fingerprint density at radius 3 is 2.76 bits per heavy atom. The topological polar surface area (TPSA) is 70.0 Å². The van der Waals surface area contributed by atoms with Gasteiger partial charge in [-0.25, -0.2) is 17.5 Å². The first-order chi connectivity index (χ1) is 7.92. The third-order valence-electron chi connectivity index (χ3n) is 2.07. The highest BCUT2D eigenvalue weighted by molar-refractivity contribution is 7.89. The number of benzene rings is 1. The molecule has 0 aromatic heterocycles. The van der Waals surface area contributed by atoms with Crippen molar-refractivity contribution in [1.82, 2.24) is 4.72 Å². The number of hydrogen-bond donors (Lipinski definition) is 1. The summed E-state index contributed by atoms with van der Waals surface area (Å²) in [7, 11) is -3.92. The van der Waals surface area contributed by atoms with Gasteiger partial charge in [0.1, 0.15) is 22.3 Å². The number of nitrogens with one attached hydrogen (secondary N) is 1. The third kappa shape index (κ3) is 2.90. The molecule has 1 aromatic carbocycles. The van der Waals surface area contributed by atoms with Crippen LogP contribution in [0.25, 0.3) is 0 Å². The van der Waals surface area contributed by atoms with Crippen LogP contribution in [0.1, 0.15) is 12.5 Å². The van der Waals surface area contributed by atoms with Gasteiger partial charge in [-0.2, -0.15) is 5.26 Å². The smallest absolute Gasteiger partial charge is 0.207 e. The normalized spacial score (nSPS) is 12.8. The van der Waals surface area contributed by atoms with Gasteiger partial charge >= 0.3 is 0 Å².